The van der Waals surface area contributed by atoms with E-state index in [0.717, 1.165) is 68.3 Å². The molecule has 4 fully saturated rings. The molecule has 212 valence electrons. The van der Waals surface area contributed by atoms with Crippen molar-refractivity contribution in [1.82, 2.24) is 15.3 Å². The van der Waals surface area contributed by atoms with Crippen LogP contribution >= 0.6 is 23.2 Å². The van der Waals surface area contributed by atoms with Gasteiger partial charge in [-0.25, -0.2) is 4.79 Å². The summed E-state index contributed by atoms with van der Waals surface area (Å²) in [7, 11) is 1.36. The summed E-state index contributed by atoms with van der Waals surface area (Å²) in [5, 5.41) is 9.76. The second-order valence-corrected chi connectivity index (χ2v) is 12.3. The zero-order valence-corrected chi connectivity index (χ0v) is 24.1. The van der Waals surface area contributed by atoms with E-state index >= 15 is 0 Å². The van der Waals surface area contributed by atoms with Gasteiger partial charge in [-0.05, 0) is 75.6 Å². The Labute approximate surface area is 247 Å². The highest BCUT2D eigenvalue weighted by Gasteiger charge is 2.53. The molecule has 0 aliphatic heterocycles. The number of methoxy groups -OCH3 is 1. The molecule has 4 aliphatic rings. The molecule has 0 saturated heterocycles. The summed E-state index contributed by atoms with van der Waals surface area (Å²) < 4.78 is 23.3. The predicted molar refractivity (Wildman–Crippen MR) is 152 cm³/mol. The van der Waals surface area contributed by atoms with E-state index in [9.17, 15) is 4.79 Å². The van der Waals surface area contributed by atoms with Gasteiger partial charge in [-0.2, -0.15) is 4.98 Å². The molecule has 4 saturated carbocycles. The van der Waals surface area contributed by atoms with Crippen LogP contribution in [-0.2, 0) is 21.5 Å². The van der Waals surface area contributed by atoms with Crippen LogP contribution in [0.15, 0.2) is 51.5 Å². The fourth-order valence-electron chi connectivity index (χ4n) is 6.42. The summed E-state index contributed by atoms with van der Waals surface area (Å²) in [6.45, 7) is 0.403. The minimum absolute atomic E-state index is 0.164. The Morgan fingerprint density at radius 1 is 0.976 bits per heavy atom. The average Bonchev–Trinajstić information content (AvgIpc) is 3.56. The lowest BCUT2D eigenvalue weighted by Crippen LogP contribution is -2.49. The van der Waals surface area contributed by atoms with Gasteiger partial charge >= 0.3 is 5.97 Å². The molecule has 0 spiro atoms. The Morgan fingerprint density at radius 2 is 1.68 bits per heavy atom. The maximum atomic E-state index is 12.0. The SMILES string of the molecule is COC(=O)c1cccc(-c2noc(C34CCC(OCc5c(-c6c(Cl)cccc6Cl)noc5C5CC5)(CC3)CC4)n2)c1. The standard InChI is InChI=1S/C31H29Cl2N3O5/c1-38-28(37)20-5-2-4-19(16-20)27-34-29(41-36-27)30-10-13-31(14-11-30,15-12-30)39-17-21-25(35-40-26(21)18-8-9-18)24-22(32)6-3-7-23(24)33/h2-7,16,18H,8-15,17H2,1H3. The van der Waals surface area contributed by atoms with Crippen molar-refractivity contribution in [2.24, 2.45) is 0 Å². The van der Waals surface area contributed by atoms with Crippen molar-refractivity contribution < 1.29 is 23.3 Å². The number of aromatic nitrogens is 3. The number of halogens is 2. The van der Waals surface area contributed by atoms with Crippen LogP contribution in [0.1, 0.15) is 84.9 Å². The molecule has 0 radical (unpaired) electrons. The third-order valence-electron chi connectivity index (χ3n) is 9.09. The van der Waals surface area contributed by atoms with Crippen molar-refractivity contribution in [3.63, 3.8) is 0 Å². The van der Waals surface area contributed by atoms with Gasteiger partial charge in [0.1, 0.15) is 11.5 Å². The summed E-state index contributed by atoms with van der Waals surface area (Å²) in [6.07, 6.45) is 7.57. The van der Waals surface area contributed by atoms with E-state index in [0.29, 0.717) is 51.1 Å². The fraction of sp³-hybridized carbons (Fsp3) is 0.419. The predicted octanol–water partition coefficient (Wildman–Crippen LogP) is 7.92. The Balaban J connectivity index is 1.08. The van der Waals surface area contributed by atoms with Crippen molar-refractivity contribution in [3.8, 4) is 22.6 Å². The zero-order chi connectivity index (χ0) is 28.2. The second kappa shape index (κ2) is 10.3. The molecule has 0 amide bonds. The number of carbonyl (C=O) groups is 1. The lowest BCUT2D eigenvalue weighted by Gasteiger charge is -2.51. The monoisotopic (exact) mass is 593 g/mol. The molecular weight excluding hydrogens is 565 g/mol. The van der Waals surface area contributed by atoms with Crippen LogP contribution in [0.5, 0.6) is 0 Å². The summed E-state index contributed by atoms with van der Waals surface area (Å²) in [5.41, 5.74) is 3.10. The molecule has 2 aromatic carbocycles. The van der Waals surface area contributed by atoms with Gasteiger partial charge in [-0.1, -0.05) is 51.7 Å². The molecule has 2 bridgehead atoms. The Kier molecular flexibility index (Phi) is 6.68. The number of rotatable bonds is 8. The van der Waals surface area contributed by atoms with E-state index in [1.54, 1.807) is 18.2 Å². The number of fused-ring (bicyclic) bond motifs is 3. The van der Waals surface area contributed by atoms with Crippen molar-refractivity contribution in [2.45, 2.75) is 74.9 Å². The van der Waals surface area contributed by atoms with E-state index in [1.807, 2.05) is 24.3 Å². The number of benzene rings is 2. The molecule has 4 aromatic rings. The number of ether oxygens (including phenoxy) is 2. The first-order valence-electron chi connectivity index (χ1n) is 14.0. The van der Waals surface area contributed by atoms with Crippen LogP contribution < -0.4 is 0 Å². The average molecular weight is 594 g/mol. The van der Waals surface area contributed by atoms with Gasteiger partial charge < -0.3 is 18.5 Å². The first kappa shape index (κ1) is 26.7. The molecular formula is C31H29Cl2N3O5. The third-order valence-corrected chi connectivity index (χ3v) is 9.72. The van der Waals surface area contributed by atoms with Gasteiger partial charge in [0.05, 0.1) is 40.3 Å². The molecule has 10 heteroatoms. The highest BCUT2D eigenvalue weighted by Crippen LogP contribution is 2.55. The van der Waals surface area contributed by atoms with Gasteiger partial charge in [-0.3, -0.25) is 0 Å². The smallest absolute Gasteiger partial charge is 0.337 e. The van der Waals surface area contributed by atoms with Gasteiger partial charge in [0.15, 0.2) is 0 Å². The van der Waals surface area contributed by atoms with Crippen molar-refractivity contribution in [2.75, 3.05) is 7.11 Å². The van der Waals surface area contributed by atoms with E-state index in [2.05, 4.69) is 10.3 Å². The highest BCUT2D eigenvalue weighted by atomic mass is 35.5. The van der Waals surface area contributed by atoms with Crippen molar-refractivity contribution in [3.05, 3.63) is 75.3 Å². The molecule has 0 atom stereocenters. The zero-order valence-electron chi connectivity index (χ0n) is 22.6. The van der Waals surface area contributed by atoms with Crippen LogP contribution in [0, 0.1) is 0 Å². The van der Waals surface area contributed by atoms with E-state index in [-0.39, 0.29) is 11.0 Å². The van der Waals surface area contributed by atoms with Crippen LogP contribution in [0.3, 0.4) is 0 Å². The lowest BCUT2D eigenvalue weighted by atomic mass is 9.58. The van der Waals surface area contributed by atoms with E-state index in [4.69, 9.17) is 46.7 Å². The minimum atomic E-state index is -0.400. The highest BCUT2D eigenvalue weighted by molar-refractivity contribution is 6.39. The number of carbonyl (C=O) groups excluding carboxylic acids is 1. The lowest BCUT2D eigenvalue weighted by molar-refractivity contribution is -0.130. The summed E-state index contributed by atoms with van der Waals surface area (Å²) in [5.74, 6) is 2.00. The molecule has 2 heterocycles. The molecule has 0 unspecified atom stereocenters. The van der Waals surface area contributed by atoms with Crippen LogP contribution in [-0.4, -0.2) is 34.0 Å². The fourth-order valence-corrected chi connectivity index (χ4v) is 7.00. The second-order valence-electron chi connectivity index (χ2n) is 11.5. The van der Waals surface area contributed by atoms with Gasteiger partial charge in [-0.15, -0.1) is 0 Å². The number of nitrogens with zero attached hydrogens (tertiary/aromatic N) is 3. The van der Waals surface area contributed by atoms with E-state index in [1.165, 1.54) is 7.11 Å². The first-order chi connectivity index (χ1) is 19.9. The van der Waals surface area contributed by atoms with E-state index < -0.39 is 5.97 Å². The minimum Gasteiger partial charge on any atom is -0.465 e. The molecule has 8 rings (SSSR count). The number of hydrogen-bond acceptors (Lipinski definition) is 8. The summed E-state index contributed by atoms with van der Waals surface area (Å²) in [6, 6.07) is 12.5. The van der Waals surface area contributed by atoms with Crippen LogP contribution in [0.2, 0.25) is 10.0 Å². The Morgan fingerprint density at radius 3 is 2.37 bits per heavy atom. The maximum absolute atomic E-state index is 12.0. The summed E-state index contributed by atoms with van der Waals surface area (Å²) >= 11 is 13.1. The normalized spacial score (nSPS) is 23.6. The number of hydrogen-bond donors (Lipinski definition) is 0. The van der Waals surface area contributed by atoms with Gasteiger partial charge in [0.2, 0.25) is 11.7 Å². The maximum Gasteiger partial charge on any atom is 0.337 e. The molecule has 41 heavy (non-hydrogen) atoms. The van der Waals surface area contributed by atoms with Crippen molar-refractivity contribution in [1.29, 1.82) is 0 Å². The summed E-state index contributed by atoms with van der Waals surface area (Å²) in [4.78, 5) is 16.8. The van der Waals surface area contributed by atoms with Crippen LogP contribution in [0.4, 0.5) is 0 Å². The van der Waals surface area contributed by atoms with Crippen LogP contribution in [0.25, 0.3) is 22.6 Å². The quantitative estimate of drug-likeness (QED) is 0.190. The third kappa shape index (κ3) is 4.76. The van der Waals surface area contributed by atoms with Crippen molar-refractivity contribution >= 4 is 29.2 Å². The molecule has 2 aromatic heterocycles. The first-order valence-corrected chi connectivity index (χ1v) is 14.8. The largest absolute Gasteiger partial charge is 0.465 e. The van der Waals surface area contributed by atoms with Gasteiger partial charge in [0.25, 0.3) is 0 Å². The number of esters is 1. The molecule has 4 aliphatic carbocycles. The Bertz CT molecular complexity index is 1580. The Hall–Kier alpha value is -3.20. The topological polar surface area (TPSA) is 100 Å². The molecule has 8 nitrogen and oxygen atoms in total. The molecule has 0 N–H and O–H groups in total. The van der Waals surface area contributed by atoms with Gasteiger partial charge in [0, 0.05) is 22.6 Å².